The van der Waals surface area contributed by atoms with Crippen LogP contribution in [0.3, 0.4) is 0 Å². The molecule has 2 aromatic heterocycles. The van der Waals surface area contributed by atoms with Crippen molar-refractivity contribution in [1.29, 1.82) is 0 Å². The van der Waals surface area contributed by atoms with Crippen molar-refractivity contribution >= 4 is 0 Å². The van der Waals surface area contributed by atoms with Crippen LogP contribution in [-0.2, 0) is 0 Å². The fraction of sp³-hybridized carbons (Fsp3) is 0.111. The van der Waals surface area contributed by atoms with E-state index in [2.05, 4.69) is 20.4 Å². The lowest BCUT2D eigenvalue weighted by atomic mass is 10.1. The Morgan fingerprint density at radius 2 is 0.833 bits per heavy atom. The first-order chi connectivity index (χ1) is 11.7. The number of aryl methyl sites for hydroxylation is 2. The number of rotatable bonds is 3. The van der Waals surface area contributed by atoms with Crippen LogP contribution >= 0.6 is 0 Å². The lowest BCUT2D eigenvalue weighted by Crippen LogP contribution is -1.78. The molecule has 6 nitrogen and oxygen atoms in total. The van der Waals surface area contributed by atoms with Gasteiger partial charge in [-0.1, -0.05) is 35.4 Å². The van der Waals surface area contributed by atoms with Crippen molar-refractivity contribution in [3.63, 3.8) is 0 Å². The molecular formula is C18H14N4O2. The average Bonchev–Trinajstić information content (AvgIpc) is 3.25. The van der Waals surface area contributed by atoms with Crippen molar-refractivity contribution < 1.29 is 8.83 Å². The summed E-state index contributed by atoms with van der Waals surface area (Å²) in [4.78, 5) is 0. The molecule has 0 aliphatic heterocycles. The van der Waals surface area contributed by atoms with E-state index >= 15 is 0 Å². The average molecular weight is 318 g/mol. The zero-order chi connectivity index (χ0) is 16.5. The third-order valence-electron chi connectivity index (χ3n) is 3.63. The molecule has 0 saturated heterocycles. The van der Waals surface area contributed by atoms with Crippen LogP contribution in [-0.4, -0.2) is 20.4 Å². The molecule has 0 bridgehead atoms. The molecule has 0 saturated carbocycles. The predicted molar refractivity (Wildman–Crippen MR) is 87.9 cm³/mol. The minimum Gasteiger partial charge on any atom is -0.412 e. The first-order valence-corrected chi connectivity index (χ1v) is 7.50. The monoisotopic (exact) mass is 318 g/mol. The van der Waals surface area contributed by atoms with Crippen LogP contribution < -0.4 is 0 Å². The molecule has 0 unspecified atom stereocenters. The number of benzene rings is 2. The Balaban J connectivity index is 1.63. The number of aromatic nitrogens is 4. The Labute approximate surface area is 138 Å². The van der Waals surface area contributed by atoms with E-state index in [1.165, 1.54) is 0 Å². The lowest BCUT2D eigenvalue weighted by Gasteiger charge is -1.95. The molecule has 4 rings (SSSR count). The molecule has 0 aliphatic carbocycles. The van der Waals surface area contributed by atoms with Gasteiger partial charge in [-0.2, -0.15) is 0 Å². The van der Waals surface area contributed by atoms with Crippen molar-refractivity contribution in [2.45, 2.75) is 13.8 Å². The van der Waals surface area contributed by atoms with Crippen LogP contribution in [0.2, 0.25) is 0 Å². The molecule has 0 spiro atoms. The Hall–Kier alpha value is -3.28. The van der Waals surface area contributed by atoms with Gasteiger partial charge in [-0.25, -0.2) is 0 Å². The summed E-state index contributed by atoms with van der Waals surface area (Å²) in [6, 6.07) is 15.7. The summed E-state index contributed by atoms with van der Waals surface area (Å²) in [5.41, 5.74) is 4.02. The summed E-state index contributed by atoms with van der Waals surface area (Å²) in [7, 11) is 0. The van der Waals surface area contributed by atoms with Gasteiger partial charge in [0.2, 0.25) is 11.8 Å². The fourth-order valence-corrected chi connectivity index (χ4v) is 2.24. The molecule has 0 N–H and O–H groups in total. The van der Waals surface area contributed by atoms with E-state index in [1.807, 2.05) is 62.4 Å². The van der Waals surface area contributed by atoms with Crippen molar-refractivity contribution in [2.24, 2.45) is 0 Å². The van der Waals surface area contributed by atoms with Crippen molar-refractivity contribution in [1.82, 2.24) is 20.4 Å². The highest BCUT2D eigenvalue weighted by Crippen LogP contribution is 2.26. The summed E-state index contributed by atoms with van der Waals surface area (Å²) in [5.74, 6) is 1.24. The second-order valence-electron chi connectivity index (χ2n) is 5.56. The van der Waals surface area contributed by atoms with Crippen LogP contribution in [0.4, 0.5) is 0 Å². The Kier molecular flexibility index (Phi) is 3.42. The highest BCUT2D eigenvalue weighted by molar-refractivity contribution is 5.56. The first kappa shape index (κ1) is 14.3. The molecule has 4 aromatic rings. The van der Waals surface area contributed by atoms with Crippen LogP contribution in [0.1, 0.15) is 11.1 Å². The van der Waals surface area contributed by atoms with E-state index in [0.29, 0.717) is 11.8 Å². The molecule has 0 aliphatic rings. The minimum atomic E-state index is 0.205. The second-order valence-corrected chi connectivity index (χ2v) is 5.56. The minimum absolute atomic E-state index is 0.205. The van der Waals surface area contributed by atoms with Crippen molar-refractivity contribution in [2.75, 3.05) is 0 Å². The molecule has 0 fully saturated rings. The van der Waals surface area contributed by atoms with Gasteiger partial charge in [-0.05, 0) is 38.1 Å². The number of hydrogen-bond acceptors (Lipinski definition) is 6. The summed E-state index contributed by atoms with van der Waals surface area (Å²) in [6.07, 6.45) is 0. The molecule has 0 radical (unpaired) electrons. The van der Waals surface area contributed by atoms with E-state index in [9.17, 15) is 0 Å². The van der Waals surface area contributed by atoms with E-state index in [0.717, 1.165) is 22.3 Å². The van der Waals surface area contributed by atoms with Gasteiger partial charge < -0.3 is 8.83 Å². The molecule has 24 heavy (non-hydrogen) atoms. The largest absolute Gasteiger partial charge is 0.412 e. The summed E-state index contributed by atoms with van der Waals surface area (Å²) >= 11 is 0. The number of hydrogen-bond donors (Lipinski definition) is 0. The summed E-state index contributed by atoms with van der Waals surface area (Å²) < 4.78 is 11.3. The van der Waals surface area contributed by atoms with Crippen molar-refractivity contribution in [3.8, 4) is 34.7 Å². The third-order valence-corrected chi connectivity index (χ3v) is 3.63. The highest BCUT2D eigenvalue weighted by atomic mass is 16.4. The highest BCUT2D eigenvalue weighted by Gasteiger charge is 2.17. The fourth-order valence-electron chi connectivity index (χ4n) is 2.24. The zero-order valence-electron chi connectivity index (χ0n) is 13.2. The van der Waals surface area contributed by atoms with Gasteiger partial charge in [0.25, 0.3) is 0 Å². The Bertz CT molecular complexity index is 887. The van der Waals surface area contributed by atoms with Gasteiger partial charge in [-0.15, -0.1) is 20.4 Å². The predicted octanol–water partition coefficient (Wildman–Crippen LogP) is 4.07. The normalized spacial score (nSPS) is 10.9. The van der Waals surface area contributed by atoms with Crippen LogP contribution in [0.25, 0.3) is 34.7 Å². The SMILES string of the molecule is Cc1ccc(-c2nnc(-c3nnc(-c4ccc(C)cc4)o3)o2)cc1. The standard InChI is InChI=1S/C18H14N4O2/c1-11-3-7-13(8-4-11)15-19-21-17(23-15)18-22-20-16(24-18)14-9-5-12(2)6-10-14/h3-10H,1-2H3. The second kappa shape index (κ2) is 5.73. The Morgan fingerprint density at radius 1 is 0.500 bits per heavy atom. The van der Waals surface area contributed by atoms with Gasteiger partial charge in [-0.3, -0.25) is 0 Å². The van der Waals surface area contributed by atoms with E-state index < -0.39 is 0 Å². The quantitative estimate of drug-likeness (QED) is 0.566. The zero-order valence-corrected chi connectivity index (χ0v) is 13.2. The molecule has 6 heteroatoms. The maximum absolute atomic E-state index is 5.65. The van der Waals surface area contributed by atoms with Gasteiger partial charge >= 0.3 is 11.8 Å². The lowest BCUT2D eigenvalue weighted by molar-refractivity contribution is 0.522. The third kappa shape index (κ3) is 2.69. The van der Waals surface area contributed by atoms with Crippen molar-refractivity contribution in [3.05, 3.63) is 59.7 Å². The van der Waals surface area contributed by atoms with Crippen LogP contribution in [0.5, 0.6) is 0 Å². The van der Waals surface area contributed by atoms with E-state index in [-0.39, 0.29) is 11.8 Å². The topological polar surface area (TPSA) is 77.8 Å². The molecular weight excluding hydrogens is 304 g/mol. The van der Waals surface area contributed by atoms with Gasteiger partial charge in [0.15, 0.2) is 0 Å². The first-order valence-electron chi connectivity index (χ1n) is 7.50. The summed E-state index contributed by atoms with van der Waals surface area (Å²) in [6.45, 7) is 4.04. The molecule has 2 aromatic carbocycles. The van der Waals surface area contributed by atoms with Crippen LogP contribution in [0.15, 0.2) is 57.4 Å². The van der Waals surface area contributed by atoms with Crippen LogP contribution in [0, 0.1) is 13.8 Å². The maximum Gasteiger partial charge on any atom is 0.306 e. The van der Waals surface area contributed by atoms with E-state index in [4.69, 9.17) is 8.83 Å². The molecule has 0 atom stereocenters. The number of nitrogens with zero attached hydrogens (tertiary/aromatic N) is 4. The van der Waals surface area contributed by atoms with E-state index in [1.54, 1.807) is 0 Å². The molecule has 2 heterocycles. The molecule has 118 valence electrons. The maximum atomic E-state index is 5.65. The van der Waals surface area contributed by atoms with Gasteiger partial charge in [0.1, 0.15) is 0 Å². The van der Waals surface area contributed by atoms with Gasteiger partial charge in [0.05, 0.1) is 0 Å². The molecule has 0 amide bonds. The van der Waals surface area contributed by atoms with Gasteiger partial charge in [0, 0.05) is 11.1 Å². The summed E-state index contributed by atoms with van der Waals surface area (Å²) in [5, 5.41) is 16.1. The smallest absolute Gasteiger partial charge is 0.306 e. The Morgan fingerprint density at radius 3 is 1.21 bits per heavy atom.